The van der Waals surface area contributed by atoms with Crippen LogP contribution in [0.25, 0.3) is 16.6 Å². The second-order valence-electron chi connectivity index (χ2n) is 7.74. The van der Waals surface area contributed by atoms with Crippen LogP contribution in [0, 0.1) is 17.5 Å². The zero-order valence-electron chi connectivity index (χ0n) is 16.8. The first kappa shape index (κ1) is 20.6. The maximum absolute atomic E-state index is 15.1. The average Bonchev–Trinajstić information content (AvgIpc) is 3.20. The van der Waals surface area contributed by atoms with Gasteiger partial charge in [-0.25, -0.2) is 18.0 Å². The van der Waals surface area contributed by atoms with E-state index in [9.17, 15) is 28.6 Å². The molecule has 166 valence electrons. The van der Waals surface area contributed by atoms with E-state index < -0.39 is 34.4 Å². The van der Waals surface area contributed by atoms with Gasteiger partial charge in [0.1, 0.15) is 22.9 Å². The first-order valence-corrected chi connectivity index (χ1v) is 9.87. The molecular weight excluding hydrogens is 437 g/mol. The van der Waals surface area contributed by atoms with Gasteiger partial charge in [-0.05, 0) is 35.9 Å². The van der Waals surface area contributed by atoms with Crippen molar-refractivity contribution in [2.75, 3.05) is 4.90 Å². The van der Waals surface area contributed by atoms with Gasteiger partial charge in [-0.1, -0.05) is 12.1 Å². The summed E-state index contributed by atoms with van der Waals surface area (Å²) in [6, 6.07) is 10.1. The van der Waals surface area contributed by atoms with Crippen LogP contribution in [0.1, 0.15) is 21.5 Å². The van der Waals surface area contributed by atoms with Crippen LogP contribution in [0.5, 0.6) is 5.75 Å². The Bertz CT molecular complexity index is 1530. The van der Waals surface area contributed by atoms with Crippen LogP contribution in [0.15, 0.2) is 59.5 Å². The largest absolute Gasteiger partial charge is 0.508 e. The normalized spacial score (nSPS) is 12.9. The lowest BCUT2D eigenvalue weighted by molar-refractivity contribution is 0.0695. The Morgan fingerprint density at radius 3 is 2.36 bits per heavy atom. The Morgan fingerprint density at radius 2 is 1.67 bits per heavy atom. The van der Waals surface area contributed by atoms with E-state index in [1.807, 2.05) is 0 Å². The summed E-state index contributed by atoms with van der Waals surface area (Å²) < 4.78 is 45.1. The van der Waals surface area contributed by atoms with Gasteiger partial charge < -0.3 is 19.7 Å². The fourth-order valence-corrected chi connectivity index (χ4v) is 4.17. The standard InChI is InChI=1S/C24H15F3N2O4/c25-17-3-1-2-12-9-28(10-15(12)17)22-8-21-14(7-19(22)27)23(31)16(24(32)33)11-29(21)20-5-4-13(30)6-18(20)26/h1-8,11,30H,9-10H2,(H,32,33). The van der Waals surface area contributed by atoms with E-state index in [4.69, 9.17) is 0 Å². The summed E-state index contributed by atoms with van der Waals surface area (Å²) in [7, 11) is 0. The molecule has 0 saturated heterocycles. The molecule has 6 nitrogen and oxygen atoms in total. The molecule has 2 heterocycles. The zero-order valence-corrected chi connectivity index (χ0v) is 16.8. The summed E-state index contributed by atoms with van der Waals surface area (Å²) in [6.45, 7) is 0.315. The minimum atomic E-state index is -1.55. The number of halogens is 3. The Morgan fingerprint density at radius 1 is 0.909 bits per heavy atom. The van der Waals surface area contributed by atoms with Crippen molar-refractivity contribution in [3.05, 3.63) is 99.1 Å². The van der Waals surface area contributed by atoms with Gasteiger partial charge in [0.15, 0.2) is 5.82 Å². The summed E-state index contributed by atoms with van der Waals surface area (Å²) in [5.74, 6) is -3.98. The van der Waals surface area contributed by atoms with Gasteiger partial charge in [0.05, 0.1) is 16.9 Å². The first-order chi connectivity index (χ1) is 15.7. The number of phenols is 1. The molecule has 0 unspecified atom stereocenters. The van der Waals surface area contributed by atoms with Crippen LogP contribution >= 0.6 is 0 Å². The fraction of sp³-hybridized carbons (Fsp3) is 0.0833. The predicted octanol–water partition coefficient (Wildman–Crippen LogP) is 4.33. The number of fused-ring (bicyclic) bond motifs is 2. The van der Waals surface area contributed by atoms with Gasteiger partial charge >= 0.3 is 5.97 Å². The number of aromatic carboxylic acids is 1. The number of benzene rings is 3. The summed E-state index contributed by atoms with van der Waals surface area (Å²) in [6.07, 6.45) is 0.961. The molecule has 0 fully saturated rings. The van der Waals surface area contributed by atoms with Crippen molar-refractivity contribution in [3.63, 3.8) is 0 Å². The molecule has 0 aliphatic carbocycles. The first-order valence-electron chi connectivity index (χ1n) is 9.87. The van der Waals surface area contributed by atoms with Crippen LogP contribution in [-0.2, 0) is 13.1 Å². The number of aromatic nitrogens is 1. The number of hydrogen-bond acceptors (Lipinski definition) is 4. The molecule has 0 saturated carbocycles. The lowest BCUT2D eigenvalue weighted by Gasteiger charge is -2.21. The lowest BCUT2D eigenvalue weighted by Crippen LogP contribution is -2.21. The smallest absolute Gasteiger partial charge is 0.341 e. The summed E-state index contributed by atoms with van der Waals surface area (Å²) >= 11 is 0. The minimum Gasteiger partial charge on any atom is -0.508 e. The summed E-state index contributed by atoms with van der Waals surface area (Å²) in [5, 5.41) is 18.7. The van der Waals surface area contributed by atoms with Crippen molar-refractivity contribution < 1.29 is 28.2 Å². The number of carbonyl (C=O) groups is 1. The third-order valence-electron chi connectivity index (χ3n) is 5.76. The Hall–Kier alpha value is -4.27. The maximum atomic E-state index is 15.1. The highest BCUT2D eigenvalue weighted by molar-refractivity contribution is 5.94. The second kappa shape index (κ2) is 7.40. The lowest BCUT2D eigenvalue weighted by atomic mass is 10.1. The topological polar surface area (TPSA) is 82.8 Å². The number of carboxylic acids is 1. The van der Waals surface area contributed by atoms with Crippen LogP contribution in [0.2, 0.25) is 0 Å². The number of carboxylic acid groups (broad SMARTS) is 1. The number of phenolic OH excluding ortho intramolecular Hbond substituents is 1. The van der Waals surface area contributed by atoms with Crippen LogP contribution in [0.4, 0.5) is 18.9 Å². The molecule has 0 spiro atoms. The highest BCUT2D eigenvalue weighted by atomic mass is 19.1. The van der Waals surface area contributed by atoms with Crippen molar-refractivity contribution in [2.24, 2.45) is 0 Å². The van der Waals surface area contributed by atoms with E-state index in [1.54, 1.807) is 17.0 Å². The summed E-state index contributed by atoms with van der Waals surface area (Å²) in [5.41, 5.74) is -0.505. The number of rotatable bonds is 3. The van der Waals surface area contributed by atoms with Gasteiger partial charge in [-0.15, -0.1) is 0 Å². The molecule has 9 heteroatoms. The minimum absolute atomic E-state index is 0.0495. The van der Waals surface area contributed by atoms with Crippen LogP contribution in [0.3, 0.4) is 0 Å². The van der Waals surface area contributed by atoms with Gasteiger partial charge in [-0.3, -0.25) is 4.79 Å². The van der Waals surface area contributed by atoms with Gasteiger partial charge in [0, 0.05) is 36.3 Å². The third-order valence-corrected chi connectivity index (χ3v) is 5.76. The predicted molar refractivity (Wildman–Crippen MR) is 114 cm³/mol. The van der Waals surface area contributed by atoms with Crippen molar-refractivity contribution in [1.29, 1.82) is 0 Å². The Balaban J connectivity index is 1.76. The van der Waals surface area contributed by atoms with Gasteiger partial charge in [0.2, 0.25) is 5.43 Å². The van der Waals surface area contributed by atoms with E-state index in [1.165, 1.54) is 24.3 Å². The maximum Gasteiger partial charge on any atom is 0.341 e. The number of aromatic hydroxyl groups is 1. The van der Waals surface area contributed by atoms with Gasteiger partial charge in [-0.2, -0.15) is 0 Å². The molecule has 3 aromatic carbocycles. The molecule has 2 N–H and O–H groups in total. The molecule has 5 rings (SSSR count). The quantitative estimate of drug-likeness (QED) is 0.484. The van der Waals surface area contributed by atoms with E-state index in [0.29, 0.717) is 11.1 Å². The number of hydrogen-bond donors (Lipinski definition) is 2. The molecule has 0 amide bonds. The summed E-state index contributed by atoms with van der Waals surface area (Å²) in [4.78, 5) is 25.9. The molecule has 1 aromatic heterocycles. The average molecular weight is 452 g/mol. The molecule has 4 aromatic rings. The van der Waals surface area contributed by atoms with E-state index >= 15 is 4.39 Å². The van der Waals surface area contributed by atoms with Crippen molar-refractivity contribution in [2.45, 2.75) is 13.1 Å². The number of pyridine rings is 1. The number of anilines is 1. The molecule has 0 atom stereocenters. The van der Waals surface area contributed by atoms with Crippen LogP contribution in [-0.4, -0.2) is 20.7 Å². The number of nitrogens with zero attached hydrogens (tertiary/aromatic N) is 2. The molecular formula is C24H15F3N2O4. The van der Waals surface area contributed by atoms with Gasteiger partial charge in [0.25, 0.3) is 0 Å². The molecule has 33 heavy (non-hydrogen) atoms. The van der Waals surface area contributed by atoms with Crippen molar-refractivity contribution >= 4 is 22.6 Å². The SMILES string of the molecule is O=C(O)c1cn(-c2ccc(O)cc2F)c2cc(N3Cc4cccc(F)c4C3)c(F)cc2c1=O. The third kappa shape index (κ3) is 3.29. The molecule has 1 aliphatic rings. The highest BCUT2D eigenvalue weighted by Crippen LogP contribution is 2.34. The zero-order chi connectivity index (χ0) is 23.4. The molecule has 1 aliphatic heterocycles. The van der Waals surface area contributed by atoms with E-state index in [2.05, 4.69) is 0 Å². The molecule has 0 bridgehead atoms. The highest BCUT2D eigenvalue weighted by Gasteiger charge is 2.26. The van der Waals surface area contributed by atoms with Crippen LogP contribution < -0.4 is 10.3 Å². The van der Waals surface area contributed by atoms with Crippen molar-refractivity contribution in [3.8, 4) is 11.4 Å². The fourth-order valence-electron chi connectivity index (χ4n) is 4.17. The van der Waals surface area contributed by atoms with Crippen molar-refractivity contribution in [1.82, 2.24) is 4.57 Å². The Kier molecular flexibility index (Phi) is 4.63. The van der Waals surface area contributed by atoms with E-state index in [-0.39, 0.29) is 41.1 Å². The van der Waals surface area contributed by atoms with E-state index in [0.717, 1.165) is 22.9 Å². The molecule has 0 radical (unpaired) electrons. The Labute approximate surface area is 184 Å². The monoisotopic (exact) mass is 452 g/mol. The second-order valence-corrected chi connectivity index (χ2v) is 7.74.